The molecule has 0 heterocycles. The third-order valence-corrected chi connectivity index (χ3v) is 3.62. The molecular weight excluding hydrogens is 238 g/mol. The van der Waals surface area contributed by atoms with Crippen molar-refractivity contribution in [2.45, 2.75) is 37.8 Å². The predicted molar refractivity (Wildman–Crippen MR) is 72.5 cm³/mol. The molecule has 0 aromatic heterocycles. The van der Waals surface area contributed by atoms with Crippen LogP contribution in [0.15, 0.2) is 18.2 Å². The van der Waals surface area contributed by atoms with Crippen LogP contribution < -0.4 is 5.32 Å². The maximum Gasteiger partial charge on any atom is 0.101 e. The summed E-state index contributed by atoms with van der Waals surface area (Å²) in [7, 11) is 1.74. The standard InChI is InChI=1S/C15H17N3O/c1-19-15-5-3-2-4-14(15)18-13-7-6-11(9-16)12(8-13)10-17/h6-8,14-15,18H,2-5H2,1H3. The van der Waals surface area contributed by atoms with Crippen LogP contribution in [0.1, 0.15) is 36.8 Å². The molecule has 1 N–H and O–H groups in total. The summed E-state index contributed by atoms with van der Waals surface area (Å²) in [5, 5.41) is 21.3. The third-order valence-electron chi connectivity index (χ3n) is 3.62. The summed E-state index contributed by atoms with van der Waals surface area (Å²) in [4.78, 5) is 0. The van der Waals surface area contributed by atoms with Crippen molar-refractivity contribution in [2.75, 3.05) is 12.4 Å². The molecule has 2 rings (SSSR count). The van der Waals surface area contributed by atoms with E-state index >= 15 is 0 Å². The molecule has 1 aromatic carbocycles. The second kappa shape index (κ2) is 6.22. The quantitative estimate of drug-likeness (QED) is 0.901. The number of hydrogen-bond donors (Lipinski definition) is 1. The summed E-state index contributed by atoms with van der Waals surface area (Å²) < 4.78 is 5.50. The van der Waals surface area contributed by atoms with Gasteiger partial charge < -0.3 is 10.1 Å². The van der Waals surface area contributed by atoms with E-state index in [2.05, 4.69) is 11.4 Å². The van der Waals surface area contributed by atoms with E-state index in [1.807, 2.05) is 12.1 Å². The van der Waals surface area contributed by atoms with E-state index < -0.39 is 0 Å². The lowest BCUT2D eigenvalue weighted by Gasteiger charge is -2.31. The summed E-state index contributed by atoms with van der Waals surface area (Å²) in [6.45, 7) is 0. The van der Waals surface area contributed by atoms with Crippen LogP contribution in [0.25, 0.3) is 0 Å². The van der Waals surface area contributed by atoms with E-state index in [0.29, 0.717) is 11.1 Å². The summed E-state index contributed by atoms with van der Waals surface area (Å²) >= 11 is 0. The van der Waals surface area contributed by atoms with Crippen LogP contribution in [0, 0.1) is 22.7 Å². The van der Waals surface area contributed by atoms with Crippen LogP contribution in [-0.4, -0.2) is 19.3 Å². The maximum atomic E-state index is 9.02. The topological polar surface area (TPSA) is 68.8 Å². The van der Waals surface area contributed by atoms with Gasteiger partial charge in [-0.1, -0.05) is 12.8 Å². The first-order chi connectivity index (χ1) is 9.28. The van der Waals surface area contributed by atoms with Crippen molar-refractivity contribution < 1.29 is 4.74 Å². The van der Waals surface area contributed by atoms with E-state index in [1.165, 1.54) is 12.8 Å². The van der Waals surface area contributed by atoms with Crippen molar-refractivity contribution in [2.24, 2.45) is 0 Å². The highest BCUT2D eigenvalue weighted by Gasteiger charge is 2.24. The van der Waals surface area contributed by atoms with Crippen LogP contribution in [0.2, 0.25) is 0 Å². The van der Waals surface area contributed by atoms with E-state index in [0.717, 1.165) is 18.5 Å². The van der Waals surface area contributed by atoms with Gasteiger partial charge in [-0.25, -0.2) is 0 Å². The Hall–Kier alpha value is -2.04. The lowest BCUT2D eigenvalue weighted by atomic mass is 9.92. The highest BCUT2D eigenvalue weighted by atomic mass is 16.5. The molecule has 0 bridgehead atoms. The number of benzene rings is 1. The fourth-order valence-corrected chi connectivity index (χ4v) is 2.58. The zero-order valence-electron chi connectivity index (χ0n) is 11.0. The fraction of sp³-hybridized carbons (Fsp3) is 0.467. The Balaban J connectivity index is 2.15. The van der Waals surface area contributed by atoms with E-state index in [-0.39, 0.29) is 12.1 Å². The van der Waals surface area contributed by atoms with Crippen LogP contribution in [0.5, 0.6) is 0 Å². The predicted octanol–water partition coefficient (Wildman–Crippen LogP) is 2.80. The maximum absolute atomic E-state index is 9.02. The fourth-order valence-electron chi connectivity index (χ4n) is 2.58. The highest BCUT2D eigenvalue weighted by Crippen LogP contribution is 2.25. The SMILES string of the molecule is COC1CCCCC1Nc1ccc(C#N)c(C#N)c1. The Bertz CT molecular complexity index is 527. The molecule has 1 aromatic rings. The summed E-state index contributed by atoms with van der Waals surface area (Å²) in [6.07, 6.45) is 4.75. The smallest absolute Gasteiger partial charge is 0.101 e. The number of anilines is 1. The van der Waals surface area contributed by atoms with Gasteiger partial charge in [0.25, 0.3) is 0 Å². The van der Waals surface area contributed by atoms with Crippen molar-refractivity contribution in [1.29, 1.82) is 10.5 Å². The van der Waals surface area contributed by atoms with Gasteiger partial charge in [-0.2, -0.15) is 10.5 Å². The molecule has 98 valence electrons. The zero-order valence-corrected chi connectivity index (χ0v) is 11.0. The van der Waals surface area contributed by atoms with Crippen molar-refractivity contribution in [3.05, 3.63) is 29.3 Å². The van der Waals surface area contributed by atoms with Crippen LogP contribution in [0.4, 0.5) is 5.69 Å². The van der Waals surface area contributed by atoms with Gasteiger partial charge in [-0.05, 0) is 31.0 Å². The lowest BCUT2D eigenvalue weighted by molar-refractivity contribution is 0.0606. The van der Waals surface area contributed by atoms with Crippen LogP contribution in [-0.2, 0) is 4.74 Å². The van der Waals surface area contributed by atoms with Gasteiger partial charge in [0.05, 0.1) is 23.3 Å². The molecule has 0 saturated heterocycles. The Morgan fingerprint density at radius 1 is 1.16 bits per heavy atom. The van der Waals surface area contributed by atoms with Gasteiger partial charge >= 0.3 is 0 Å². The Morgan fingerprint density at radius 3 is 2.58 bits per heavy atom. The lowest BCUT2D eigenvalue weighted by Crippen LogP contribution is -2.37. The molecule has 19 heavy (non-hydrogen) atoms. The van der Waals surface area contributed by atoms with Crippen molar-refractivity contribution in [1.82, 2.24) is 0 Å². The number of methoxy groups -OCH3 is 1. The molecule has 1 aliphatic carbocycles. The monoisotopic (exact) mass is 255 g/mol. The molecule has 1 saturated carbocycles. The van der Waals surface area contributed by atoms with Crippen molar-refractivity contribution in [3.8, 4) is 12.1 Å². The molecule has 1 fully saturated rings. The van der Waals surface area contributed by atoms with Crippen LogP contribution >= 0.6 is 0 Å². The van der Waals surface area contributed by atoms with Gasteiger partial charge in [0.15, 0.2) is 0 Å². The van der Waals surface area contributed by atoms with Crippen molar-refractivity contribution >= 4 is 5.69 Å². The first-order valence-electron chi connectivity index (χ1n) is 6.52. The zero-order chi connectivity index (χ0) is 13.7. The third kappa shape index (κ3) is 3.05. The molecular formula is C15H17N3O. The van der Waals surface area contributed by atoms with E-state index in [1.54, 1.807) is 19.2 Å². The summed E-state index contributed by atoms with van der Waals surface area (Å²) in [6, 6.07) is 9.62. The molecule has 0 aliphatic heterocycles. The molecule has 2 unspecified atom stereocenters. The Kier molecular flexibility index (Phi) is 4.39. The number of hydrogen-bond acceptors (Lipinski definition) is 4. The average molecular weight is 255 g/mol. The van der Waals surface area contributed by atoms with E-state index in [4.69, 9.17) is 15.3 Å². The van der Waals surface area contributed by atoms with Gasteiger partial charge in [-0.15, -0.1) is 0 Å². The number of ether oxygens (including phenoxy) is 1. The van der Waals surface area contributed by atoms with E-state index in [9.17, 15) is 0 Å². The molecule has 4 heteroatoms. The summed E-state index contributed by atoms with van der Waals surface area (Å²) in [5.41, 5.74) is 1.71. The second-order valence-electron chi connectivity index (χ2n) is 4.79. The van der Waals surface area contributed by atoms with Gasteiger partial charge in [0, 0.05) is 12.8 Å². The van der Waals surface area contributed by atoms with Gasteiger partial charge in [0.2, 0.25) is 0 Å². The molecule has 4 nitrogen and oxygen atoms in total. The average Bonchev–Trinajstić information content (AvgIpc) is 2.47. The number of nitrogens with one attached hydrogen (secondary N) is 1. The minimum absolute atomic E-state index is 0.218. The molecule has 0 radical (unpaired) electrons. The second-order valence-corrected chi connectivity index (χ2v) is 4.79. The van der Waals surface area contributed by atoms with Gasteiger partial charge in [-0.3, -0.25) is 0 Å². The first-order valence-corrected chi connectivity index (χ1v) is 6.52. The number of rotatable bonds is 3. The molecule has 2 atom stereocenters. The van der Waals surface area contributed by atoms with Crippen LogP contribution in [0.3, 0.4) is 0 Å². The minimum atomic E-state index is 0.218. The molecule has 1 aliphatic rings. The first kappa shape index (κ1) is 13.4. The Morgan fingerprint density at radius 2 is 1.89 bits per heavy atom. The summed E-state index contributed by atoms with van der Waals surface area (Å²) in [5.74, 6) is 0. The largest absolute Gasteiger partial charge is 0.380 e. The normalized spacial score (nSPS) is 22.3. The molecule has 0 amide bonds. The van der Waals surface area contributed by atoms with Gasteiger partial charge in [0.1, 0.15) is 12.1 Å². The Labute approximate surface area is 113 Å². The minimum Gasteiger partial charge on any atom is -0.380 e. The number of nitrogens with zero attached hydrogens (tertiary/aromatic N) is 2. The van der Waals surface area contributed by atoms with Crippen molar-refractivity contribution in [3.63, 3.8) is 0 Å². The molecule has 0 spiro atoms. The number of nitriles is 2. The highest BCUT2D eigenvalue weighted by molar-refractivity contribution is 5.56.